The van der Waals surface area contributed by atoms with Crippen molar-refractivity contribution in [2.75, 3.05) is 4.90 Å². The van der Waals surface area contributed by atoms with Gasteiger partial charge in [0.2, 0.25) is 0 Å². The summed E-state index contributed by atoms with van der Waals surface area (Å²) in [5.74, 6) is 0. The van der Waals surface area contributed by atoms with Crippen molar-refractivity contribution >= 4 is 28.7 Å². The van der Waals surface area contributed by atoms with Gasteiger partial charge in [-0.25, -0.2) is 0 Å². The van der Waals surface area contributed by atoms with Gasteiger partial charge in [0.1, 0.15) is 0 Å². The van der Waals surface area contributed by atoms with Crippen LogP contribution in [0.15, 0.2) is 158 Å². The average Bonchev–Trinajstić information content (AvgIpc) is 3.00. The summed E-state index contributed by atoms with van der Waals surface area (Å²) >= 11 is 6.26. The zero-order valence-electron chi connectivity index (χ0n) is 20.8. The van der Waals surface area contributed by atoms with Crippen LogP contribution in [0.5, 0.6) is 0 Å². The number of nitrogens with zero attached hydrogens (tertiary/aromatic N) is 1. The highest BCUT2D eigenvalue weighted by Gasteiger charge is 2.14. The van der Waals surface area contributed by atoms with Crippen LogP contribution in [0.25, 0.3) is 33.4 Å². The normalized spacial score (nSPS) is 10.8. The van der Waals surface area contributed by atoms with Gasteiger partial charge in [-0.05, 0) is 81.9 Å². The number of hydrogen-bond donors (Lipinski definition) is 0. The highest BCUT2D eigenvalue weighted by atomic mass is 35.5. The molecule has 1 nitrogen and oxygen atoms in total. The highest BCUT2D eigenvalue weighted by molar-refractivity contribution is 6.30. The van der Waals surface area contributed by atoms with Gasteiger partial charge in [0.15, 0.2) is 0 Å². The molecule has 0 amide bonds. The van der Waals surface area contributed by atoms with Crippen LogP contribution >= 0.6 is 11.6 Å². The van der Waals surface area contributed by atoms with E-state index < -0.39 is 0 Å². The topological polar surface area (TPSA) is 3.24 Å². The number of hydrogen-bond acceptors (Lipinski definition) is 1. The molecule has 0 radical (unpaired) electrons. The van der Waals surface area contributed by atoms with E-state index in [-0.39, 0.29) is 0 Å². The number of anilines is 3. The van der Waals surface area contributed by atoms with Gasteiger partial charge >= 0.3 is 0 Å². The summed E-state index contributed by atoms with van der Waals surface area (Å²) in [7, 11) is 0. The molecular formula is C36H26ClN. The first kappa shape index (κ1) is 23.8. The quantitative estimate of drug-likeness (QED) is 0.216. The van der Waals surface area contributed by atoms with Gasteiger partial charge < -0.3 is 4.90 Å². The van der Waals surface area contributed by atoms with Gasteiger partial charge in [0.05, 0.1) is 0 Å². The highest BCUT2D eigenvalue weighted by Crippen LogP contribution is 2.38. The van der Waals surface area contributed by atoms with Crippen LogP contribution in [0.1, 0.15) is 0 Å². The van der Waals surface area contributed by atoms with Crippen LogP contribution in [0.4, 0.5) is 17.1 Å². The van der Waals surface area contributed by atoms with Gasteiger partial charge in [0.25, 0.3) is 0 Å². The third-order valence-corrected chi connectivity index (χ3v) is 6.98. The Hall–Kier alpha value is -4.59. The first-order valence-corrected chi connectivity index (χ1v) is 13.1. The van der Waals surface area contributed by atoms with Gasteiger partial charge in [-0.2, -0.15) is 0 Å². The molecule has 6 aromatic rings. The molecule has 0 unspecified atom stereocenters. The molecule has 38 heavy (non-hydrogen) atoms. The molecule has 0 N–H and O–H groups in total. The molecule has 0 spiro atoms. The molecule has 0 aliphatic rings. The van der Waals surface area contributed by atoms with E-state index in [4.69, 9.17) is 11.6 Å². The minimum absolute atomic E-state index is 0.721. The molecule has 0 aliphatic carbocycles. The molecule has 182 valence electrons. The molecular weight excluding hydrogens is 482 g/mol. The molecule has 0 aromatic heterocycles. The lowest BCUT2D eigenvalue weighted by molar-refractivity contribution is 1.28. The minimum atomic E-state index is 0.721. The lowest BCUT2D eigenvalue weighted by Crippen LogP contribution is -2.10. The van der Waals surface area contributed by atoms with Crippen molar-refractivity contribution in [3.63, 3.8) is 0 Å². The second-order valence-corrected chi connectivity index (χ2v) is 9.66. The number of halogens is 1. The van der Waals surface area contributed by atoms with Crippen LogP contribution in [0.3, 0.4) is 0 Å². The summed E-state index contributed by atoms with van der Waals surface area (Å²) in [6.45, 7) is 0. The molecule has 6 rings (SSSR count). The Kier molecular flexibility index (Phi) is 6.76. The summed E-state index contributed by atoms with van der Waals surface area (Å²) in [5, 5.41) is 0.721. The second kappa shape index (κ2) is 10.8. The molecule has 2 heteroatoms. The first-order chi connectivity index (χ1) is 18.7. The van der Waals surface area contributed by atoms with E-state index in [1.165, 1.54) is 33.4 Å². The fourth-order valence-electron chi connectivity index (χ4n) is 4.80. The molecule has 0 heterocycles. The van der Waals surface area contributed by atoms with E-state index >= 15 is 0 Å². The SMILES string of the molecule is Clc1ccc(N(c2cccc(-c3ccccc3)c2)c2cccc(-c3ccc(-c4ccccc4)cc3)c2)cc1. The second-order valence-electron chi connectivity index (χ2n) is 9.22. The van der Waals surface area contributed by atoms with Crippen LogP contribution in [0, 0.1) is 0 Å². The van der Waals surface area contributed by atoms with E-state index in [1.54, 1.807) is 0 Å². The van der Waals surface area contributed by atoms with Crippen molar-refractivity contribution in [2.24, 2.45) is 0 Å². The Balaban J connectivity index is 1.41. The van der Waals surface area contributed by atoms with Gasteiger partial charge in [-0.3, -0.25) is 0 Å². The molecule has 6 aromatic carbocycles. The van der Waals surface area contributed by atoms with E-state index in [1.807, 2.05) is 24.3 Å². The van der Waals surface area contributed by atoms with Gasteiger partial charge in [0, 0.05) is 22.1 Å². The number of rotatable bonds is 6. The van der Waals surface area contributed by atoms with Crippen LogP contribution in [-0.2, 0) is 0 Å². The van der Waals surface area contributed by atoms with Gasteiger partial charge in [-0.15, -0.1) is 0 Å². The van der Waals surface area contributed by atoms with Crippen molar-refractivity contribution < 1.29 is 0 Å². The molecule has 0 saturated carbocycles. The fourth-order valence-corrected chi connectivity index (χ4v) is 4.93. The molecule has 0 fully saturated rings. The van der Waals surface area contributed by atoms with Crippen molar-refractivity contribution in [3.8, 4) is 33.4 Å². The van der Waals surface area contributed by atoms with Crippen LogP contribution in [0.2, 0.25) is 5.02 Å². The molecule has 0 bridgehead atoms. The van der Waals surface area contributed by atoms with E-state index in [2.05, 4.69) is 138 Å². The first-order valence-electron chi connectivity index (χ1n) is 12.7. The summed E-state index contributed by atoms with van der Waals surface area (Å²) in [6, 6.07) is 55.1. The van der Waals surface area contributed by atoms with Crippen molar-refractivity contribution in [2.45, 2.75) is 0 Å². The predicted octanol–water partition coefficient (Wildman–Crippen LogP) is 10.8. The van der Waals surface area contributed by atoms with E-state index in [0.717, 1.165) is 22.1 Å². The third kappa shape index (κ3) is 5.11. The minimum Gasteiger partial charge on any atom is -0.310 e. The number of benzene rings is 6. The summed E-state index contributed by atoms with van der Waals surface area (Å²) in [5.41, 5.74) is 10.4. The van der Waals surface area contributed by atoms with Crippen molar-refractivity contribution in [1.82, 2.24) is 0 Å². The Morgan fingerprint density at radius 1 is 0.316 bits per heavy atom. The summed E-state index contributed by atoms with van der Waals surface area (Å²) in [6.07, 6.45) is 0. The van der Waals surface area contributed by atoms with Crippen molar-refractivity contribution in [1.29, 1.82) is 0 Å². The monoisotopic (exact) mass is 507 g/mol. The maximum Gasteiger partial charge on any atom is 0.0467 e. The van der Waals surface area contributed by atoms with Crippen LogP contribution in [-0.4, -0.2) is 0 Å². The van der Waals surface area contributed by atoms with Crippen molar-refractivity contribution in [3.05, 3.63) is 163 Å². The summed E-state index contributed by atoms with van der Waals surface area (Å²) < 4.78 is 0. The Morgan fingerprint density at radius 3 is 1.21 bits per heavy atom. The zero-order valence-corrected chi connectivity index (χ0v) is 21.6. The average molecular weight is 508 g/mol. The maximum atomic E-state index is 6.26. The predicted molar refractivity (Wildman–Crippen MR) is 162 cm³/mol. The van der Waals surface area contributed by atoms with E-state index in [9.17, 15) is 0 Å². The lowest BCUT2D eigenvalue weighted by Gasteiger charge is -2.26. The fraction of sp³-hybridized carbons (Fsp3) is 0. The molecule has 0 atom stereocenters. The lowest BCUT2D eigenvalue weighted by atomic mass is 9.99. The van der Waals surface area contributed by atoms with Crippen LogP contribution < -0.4 is 4.90 Å². The smallest absolute Gasteiger partial charge is 0.0467 e. The van der Waals surface area contributed by atoms with E-state index in [0.29, 0.717) is 0 Å². The Labute approximate surface area is 229 Å². The molecule has 0 aliphatic heterocycles. The Morgan fingerprint density at radius 2 is 0.711 bits per heavy atom. The third-order valence-electron chi connectivity index (χ3n) is 6.73. The van der Waals surface area contributed by atoms with Gasteiger partial charge in [-0.1, -0.05) is 121 Å². The maximum absolute atomic E-state index is 6.26. The zero-order chi connectivity index (χ0) is 25.7. The largest absolute Gasteiger partial charge is 0.310 e. The Bertz CT molecular complexity index is 1640. The summed E-state index contributed by atoms with van der Waals surface area (Å²) in [4.78, 5) is 2.28. The molecule has 0 saturated heterocycles. The standard InChI is InChI=1S/C36H26ClN/c37-33-21-23-34(24-22-33)38(35-15-7-13-31(25-35)28-11-5-2-6-12-28)36-16-8-14-32(26-36)30-19-17-29(18-20-30)27-9-3-1-4-10-27/h1-26H.